The Morgan fingerprint density at radius 2 is 0.642 bits per heavy atom. The van der Waals surface area contributed by atoms with E-state index in [1.807, 2.05) is 54.6 Å². The van der Waals surface area contributed by atoms with Gasteiger partial charge in [0.05, 0.1) is 131 Å². The van der Waals surface area contributed by atoms with E-state index >= 15 is 0 Å². The van der Waals surface area contributed by atoms with Crippen LogP contribution in [0.5, 0.6) is 23.5 Å². The van der Waals surface area contributed by atoms with Crippen LogP contribution in [0.3, 0.4) is 0 Å². The molecule has 2 N–H and O–H groups in total. The molecule has 0 radical (unpaired) electrons. The molecule has 0 saturated carbocycles. The molecule has 2 aromatic heterocycles. The number of hydrogen-bond acceptors (Lipinski definition) is 28. The second kappa shape index (κ2) is 50.7. The summed E-state index contributed by atoms with van der Waals surface area (Å²) in [5, 5.41) is 7.09. The molecule has 0 bridgehead atoms. The molecular weight excluding hydrogens is 1820 g/mol. The van der Waals surface area contributed by atoms with Gasteiger partial charge in [-0.3, -0.25) is 38.8 Å². The van der Waals surface area contributed by atoms with Crippen molar-refractivity contribution in [2.75, 3.05) is 158 Å². The Morgan fingerprint density at radius 1 is 0.336 bits per heavy atom. The topological polar surface area (TPSA) is 397 Å². The summed E-state index contributed by atoms with van der Waals surface area (Å²) in [5.74, 6) is -2.10. The third kappa shape index (κ3) is 31.0. The molecule has 0 aliphatic carbocycles. The van der Waals surface area contributed by atoms with Gasteiger partial charge in [-0.05, 0) is 124 Å². The van der Waals surface area contributed by atoms with Crippen molar-refractivity contribution in [2.24, 2.45) is 0 Å². The molecule has 722 valence electrons. The van der Waals surface area contributed by atoms with Gasteiger partial charge < -0.3 is 71.7 Å². The summed E-state index contributed by atoms with van der Waals surface area (Å²) in [4.78, 5) is 160. The zero-order chi connectivity index (χ0) is 96.4. The molecule has 7 aromatic carbocycles. The number of aromatic nitrogens is 4. The highest BCUT2D eigenvalue weighted by atomic mass is 35.5. The minimum absolute atomic E-state index is 0.00401. The van der Waals surface area contributed by atoms with E-state index in [-0.39, 0.29) is 130 Å². The summed E-state index contributed by atoms with van der Waals surface area (Å²) >= 11 is 5.29. The van der Waals surface area contributed by atoms with Gasteiger partial charge in [-0.1, -0.05) is 115 Å². The molecule has 9 aromatic rings. The zero-order valence-electron chi connectivity index (χ0n) is 74.2. The van der Waals surface area contributed by atoms with Crippen molar-refractivity contribution in [2.45, 2.75) is 56.7 Å². The van der Waals surface area contributed by atoms with E-state index in [1.165, 1.54) is 132 Å². The van der Waals surface area contributed by atoms with E-state index in [2.05, 4.69) is 30.8 Å². The molecule has 8 aliphatic rings. The molecule has 137 heavy (non-hydrogen) atoms. The fraction of sp³-hybridized carbons (Fsp3) is 0.351. The van der Waals surface area contributed by atoms with Crippen LogP contribution in [0.25, 0.3) is 0 Å². The zero-order valence-corrected chi connectivity index (χ0v) is 74.9. The van der Waals surface area contributed by atoms with E-state index in [9.17, 15) is 70.3 Å². The van der Waals surface area contributed by atoms with Gasteiger partial charge >= 0.3 is 42.5 Å². The predicted octanol–water partition coefficient (Wildman–Crippen LogP) is 9.04. The number of amides is 10. The van der Waals surface area contributed by atoms with Gasteiger partial charge in [-0.25, -0.2) is 82.4 Å². The monoisotopic (exact) mass is 1910 g/mol. The maximum atomic E-state index is 13.6. The smallest absolute Gasteiger partial charge is 0.429 e. The van der Waals surface area contributed by atoms with Gasteiger partial charge in [0, 0.05) is 64.8 Å². The Bertz CT molecular complexity index is 5420. The highest BCUT2D eigenvalue weighted by molar-refractivity contribution is 6.67. The van der Waals surface area contributed by atoms with Crippen molar-refractivity contribution in [3.05, 3.63) is 275 Å². The summed E-state index contributed by atoms with van der Waals surface area (Å²) in [5.41, 5.74) is 9.42. The van der Waals surface area contributed by atoms with E-state index < -0.39 is 65.1 Å². The number of hydrogen-bond donors (Lipinski definition) is 2. The van der Waals surface area contributed by atoms with Crippen molar-refractivity contribution in [1.29, 1.82) is 0 Å². The third-order valence-corrected chi connectivity index (χ3v) is 21.7. The number of ether oxygens (including phenoxy) is 11. The van der Waals surface area contributed by atoms with Crippen molar-refractivity contribution in [3.63, 3.8) is 0 Å². The van der Waals surface area contributed by atoms with Crippen molar-refractivity contribution >= 4 is 76.8 Å². The number of benzene rings is 7. The average molecular weight is 1920 g/mol. The van der Waals surface area contributed by atoms with Crippen molar-refractivity contribution in [1.82, 2.24) is 80.4 Å². The quantitative estimate of drug-likeness (QED) is 0.0408. The van der Waals surface area contributed by atoms with Crippen LogP contribution in [0.15, 0.2) is 213 Å². The van der Waals surface area contributed by atoms with Crippen molar-refractivity contribution in [3.8, 4) is 23.5 Å². The first kappa shape index (κ1) is 99.9. The number of para-hydroxylation sites is 2. The number of halogens is 5. The van der Waals surface area contributed by atoms with Crippen molar-refractivity contribution < 1.29 is 122 Å². The first-order valence-electron chi connectivity index (χ1n) is 43.9. The molecule has 38 nitrogen and oxygen atoms in total. The fourth-order valence-corrected chi connectivity index (χ4v) is 14.5. The predicted molar refractivity (Wildman–Crippen MR) is 476 cm³/mol. The number of nitrogens with zero attached hydrogens (tertiary/aromatic N) is 14. The molecule has 43 heteroatoms. The Balaban J connectivity index is 0.000000149. The van der Waals surface area contributed by atoms with Crippen LogP contribution in [0.2, 0.25) is 0 Å². The van der Waals surface area contributed by atoms with Crippen LogP contribution in [-0.4, -0.2) is 317 Å². The Kier molecular flexibility index (Phi) is 37.0. The fourth-order valence-electron chi connectivity index (χ4n) is 14.4. The SMILES string of the molecule is O=C(Cl)c1ccnc(Oc2ccccc2)n1.O=C(OC1CN(C(=O)Cc2ccc(F)cc2)N(C(=O)OCc2ccccc2)C1)N1CCOCC1.O=C(OC1CN(C(=O)Cc2ccc(F)cc2)N(C(=O)c2ccnc(Oc3ccccc3)n2)C1)N1CCOCC1.O=C(OC1CNN(C(=O)Cc2ccc(F)cc2)C1)N1CCOCC1.O=C(OC1CNN(C(=O)Cc2ccc(F)cc2)C1)N1CCOCC1. The number of hydrazine groups is 4. The molecule has 4 unspecified atom stereocenters. The first-order valence-corrected chi connectivity index (χ1v) is 44.2. The molecule has 8 aliphatic heterocycles. The van der Waals surface area contributed by atoms with Gasteiger partial charge in [-0.15, -0.1) is 0 Å². The lowest BCUT2D eigenvalue weighted by Crippen LogP contribution is -2.45. The molecular formula is C94H99ClF4N16O22. The number of morpholine rings is 4. The molecule has 17 rings (SSSR count). The highest BCUT2D eigenvalue weighted by Crippen LogP contribution is 2.26. The number of rotatable bonds is 20. The Morgan fingerprint density at radius 3 is 1.00 bits per heavy atom. The van der Waals surface area contributed by atoms with E-state index in [0.717, 1.165) is 21.7 Å². The Labute approximate surface area is 788 Å². The van der Waals surface area contributed by atoms with E-state index in [1.54, 1.807) is 70.5 Å². The standard InChI is InChI=1S/C27H26FN5O6.C24H26FN3O6.2C16H20FN3O4.C11H7ClN2O2/c28-20-8-6-19(7-9-20)16-24(34)32-17-22(39-27(36)31-12-14-37-15-13-31)18-33(32)25(35)23-10-11-29-26(30-23)38-21-4-2-1-3-5-21;25-20-8-6-18(7-9-20)14-22(29)27-15-21(34-23(30)26-10-12-32-13-11-26)16-28(27)24(31)33-17-19-4-2-1-3-5-19;2*17-13-3-1-12(2-4-13)9-15(21)20-11-14(10-18-20)24-16(22)19-5-7-23-8-6-19;12-10(15)9-6-7-13-11(14-9)16-8-4-2-1-3-5-8/h1-11,22H,12-18H2;1-9,21H,10-17H2;2*1-4,14,18H,5-11H2;1-7H. The summed E-state index contributed by atoms with van der Waals surface area (Å²) in [6.45, 7) is 8.79. The highest BCUT2D eigenvalue weighted by Gasteiger charge is 2.43. The van der Waals surface area contributed by atoms with Gasteiger partial charge in [0.15, 0.2) is 0 Å². The van der Waals surface area contributed by atoms with E-state index in [0.29, 0.717) is 154 Å². The second-order valence-electron chi connectivity index (χ2n) is 31.4. The lowest BCUT2D eigenvalue weighted by molar-refractivity contribution is -0.141. The lowest BCUT2D eigenvalue weighted by atomic mass is 10.1. The van der Waals surface area contributed by atoms with Crippen LogP contribution in [0, 0.1) is 23.3 Å². The van der Waals surface area contributed by atoms with Crippen LogP contribution < -0.4 is 20.3 Å². The van der Waals surface area contributed by atoms with Gasteiger partial charge in [0.25, 0.3) is 11.1 Å². The maximum Gasteiger partial charge on any atom is 0.429 e. The second-order valence-corrected chi connectivity index (χ2v) is 31.7. The summed E-state index contributed by atoms with van der Waals surface area (Å²) in [6, 6.07) is 52.7. The Hall–Kier alpha value is -14.6. The maximum absolute atomic E-state index is 13.6. The summed E-state index contributed by atoms with van der Waals surface area (Å²) < 4.78 is 112. The van der Waals surface area contributed by atoms with Gasteiger partial charge in [0.1, 0.15) is 77.2 Å². The minimum atomic E-state index is -0.761. The van der Waals surface area contributed by atoms with Crippen LogP contribution in [0.4, 0.5) is 41.5 Å². The number of carbonyl (C=O) groups excluding carboxylic acids is 11. The van der Waals surface area contributed by atoms with Crippen LogP contribution >= 0.6 is 11.6 Å². The summed E-state index contributed by atoms with van der Waals surface area (Å²) in [6.07, 6.45) is -1.76. The molecule has 10 amide bonds. The normalized spacial score (nSPS) is 17.8. The molecule has 0 spiro atoms. The van der Waals surface area contributed by atoms with Crippen LogP contribution in [0.1, 0.15) is 48.8 Å². The average Bonchev–Trinajstić information content (AvgIpc) is 1.66. The van der Waals surface area contributed by atoms with Crippen LogP contribution in [-0.2, 0) is 94.1 Å². The van der Waals surface area contributed by atoms with Gasteiger partial charge in [-0.2, -0.15) is 9.97 Å². The minimum Gasteiger partial charge on any atom is -0.443 e. The number of nitrogens with one attached hydrogen (secondary N) is 2. The third-order valence-electron chi connectivity index (χ3n) is 21.5. The molecule has 4 atom stereocenters. The molecule has 10 heterocycles. The first-order chi connectivity index (χ1) is 66.4. The summed E-state index contributed by atoms with van der Waals surface area (Å²) in [7, 11) is 0. The van der Waals surface area contributed by atoms with E-state index in [4.69, 9.17) is 63.7 Å². The lowest BCUT2D eigenvalue weighted by Gasteiger charge is -2.27. The number of carbonyl (C=O) groups is 11. The molecule has 8 saturated heterocycles. The molecule has 8 fully saturated rings. The van der Waals surface area contributed by atoms with Gasteiger partial charge in [0.2, 0.25) is 23.6 Å². The largest absolute Gasteiger partial charge is 0.443 e.